The molecule has 0 aliphatic rings. The summed E-state index contributed by atoms with van der Waals surface area (Å²) in [6.07, 6.45) is 3.37. The van der Waals surface area contributed by atoms with Crippen LogP contribution in [-0.4, -0.2) is 11.5 Å². The van der Waals surface area contributed by atoms with Crippen molar-refractivity contribution in [2.75, 3.05) is 6.54 Å². The van der Waals surface area contributed by atoms with Crippen LogP contribution in [0.4, 0.5) is 8.78 Å². The highest BCUT2D eigenvalue weighted by Crippen LogP contribution is 2.34. The molecule has 1 aromatic carbocycles. The molecule has 2 nitrogen and oxygen atoms in total. The molecule has 1 aromatic heterocycles. The van der Waals surface area contributed by atoms with Gasteiger partial charge in [-0.25, -0.2) is 8.78 Å². The Morgan fingerprint density at radius 2 is 1.76 bits per heavy atom. The molecule has 0 amide bonds. The van der Waals surface area contributed by atoms with Crippen LogP contribution in [0.15, 0.2) is 41.1 Å². The summed E-state index contributed by atoms with van der Waals surface area (Å²) in [5, 5.41) is 3.18. The third-order valence-electron chi connectivity index (χ3n) is 3.51. The molecule has 0 bridgehead atoms. The van der Waals surface area contributed by atoms with Crippen molar-refractivity contribution in [1.29, 1.82) is 0 Å². The maximum absolute atomic E-state index is 14.2. The summed E-state index contributed by atoms with van der Waals surface area (Å²) in [6, 6.07) is 5.88. The van der Waals surface area contributed by atoms with Crippen molar-refractivity contribution in [3.8, 4) is 0 Å². The number of halogens is 3. The van der Waals surface area contributed by atoms with Crippen LogP contribution in [0.1, 0.15) is 36.9 Å². The van der Waals surface area contributed by atoms with Gasteiger partial charge in [0.1, 0.15) is 11.6 Å². The number of pyridine rings is 1. The first-order chi connectivity index (χ1) is 10.0. The molecule has 1 N–H and O–H groups in total. The smallest absolute Gasteiger partial charge is 0.132 e. The molecule has 2 aromatic rings. The van der Waals surface area contributed by atoms with Crippen LogP contribution >= 0.6 is 15.9 Å². The van der Waals surface area contributed by atoms with Crippen LogP contribution in [0.5, 0.6) is 0 Å². The summed E-state index contributed by atoms with van der Waals surface area (Å²) in [5.74, 6) is -1.18. The molecule has 1 heterocycles. The zero-order chi connectivity index (χ0) is 15.4. The minimum absolute atomic E-state index is 0.0735. The molecule has 112 valence electrons. The third-order valence-corrected chi connectivity index (χ3v) is 3.97. The van der Waals surface area contributed by atoms with Gasteiger partial charge in [-0.05, 0) is 36.4 Å². The molecule has 21 heavy (non-hydrogen) atoms. The predicted molar refractivity (Wildman–Crippen MR) is 83.1 cm³/mol. The summed E-state index contributed by atoms with van der Waals surface area (Å²) in [7, 11) is 0. The van der Waals surface area contributed by atoms with Crippen LogP contribution in [0.2, 0.25) is 0 Å². The fourth-order valence-corrected chi connectivity index (χ4v) is 2.86. The normalized spacial score (nSPS) is 14.0. The third kappa shape index (κ3) is 3.66. The Hall–Kier alpha value is -1.33. The number of nitrogens with zero attached hydrogens (tertiary/aromatic N) is 1. The minimum atomic E-state index is -0.547. The monoisotopic (exact) mass is 354 g/mol. The Balaban J connectivity index is 2.44. The predicted octanol–water partition coefficient (Wildman–Crippen LogP) is 4.58. The maximum Gasteiger partial charge on any atom is 0.132 e. The molecular weight excluding hydrogens is 338 g/mol. The average Bonchev–Trinajstić information content (AvgIpc) is 2.45. The van der Waals surface area contributed by atoms with E-state index in [-0.39, 0.29) is 11.5 Å². The minimum Gasteiger partial charge on any atom is -0.310 e. The van der Waals surface area contributed by atoms with Crippen molar-refractivity contribution in [2.24, 2.45) is 0 Å². The van der Waals surface area contributed by atoms with Gasteiger partial charge in [0.2, 0.25) is 0 Å². The van der Waals surface area contributed by atoms with E-state index >= 15 is 0 Å². The standard InChI is InChI=1S/C16H17BrF2N2/c1-3-21-16(10(2)11-4-6-20-7-5-11)15-13(18)8-12(17)9-14(15)19/h4-10,16,21H,3H2,1-2H3. The van der Waals surface area contributed by atoms with E-state index in [9.17, 15) is 8.78 Å². The van der Waals surface area contributed by atoms with Crippen molar-refractivity contribution in [3.63, 3.8) is 0 Å². The first-order valence-electron chi connectivity index (χ1n) is 6.82. The van der Waals surface area contributed by atoms with E-state index in [0.29, 0.717) is 11.0 Å². The number of hydrogen-bond donors (Lipinski definition) is 1. The van der Waals surface area contributed by atoms with E-state index in [2.05, 4.69) is 26.2 Å². The van der Waals surface area contributed by atoms with E-state index in [4.69, 9.17) is 0 Å². The highest BCUT2D eigenvalue weighted by atomic mass is 79.9. The van der Waals surface area contributed by atoms with Crippen molar-refractivity contribution in [1.82, 2.24) is 10.3 Å². The van der Waals surface area contributed by atoms with Gasteiger partial charge in [-0.2, -0.15) is 0 Å². The maximum atomic E-state index is 14.2. The van der Waals surface area contributed by atoms with Crippen LogP contribution < -0.4 is 5.32 Å². The second-order valence-corrected chi connectivity index (χ2v) is 5.80. The van der Waals surface area contributed by atoms with E-state index in [0.717, 1.165) is 5.56 Å². The lowest BCUT2D eigenvalue weighted by molar-refractivity contribution is 0.430. The zero-order valence-corrected chi connectivity index (χ0v) is 13.5. The summed E-state index contributed by atoms with van der Waals surface area (Å²) in [6.45, 7) is 4.49. The van der Waals surface area contributed by atoms with Crippen LogP contribution in [0, 0.1) is 11.6 Å². The fraction of sp³-hybridized carbons (Fsp3) is 0.312. The highest BCUT2D eigenvalue weighted by molar-refractivity contribution is 9.10. The Bertz CT molecular complexity index is 581. The Labute approximate surface area is 131 Å². The van der Waals surface area contributed by atoms with E-state index in [1.807, 2.05) is 26.0 Å². The number of rotatable bonds is 5. The average molecular weight is 355 g/mol. The van der Waals surface area contributed by atoms with Gasteiger partial charge in [0, 0.05) is 34.4 Å². The first-order valence-corrected chi connectivity index (χ1v) is 7.61. The number of benzene rings is 1. The number of nitrogens with one attached hydrogen (secondary N) is 1. The fourth-order valence-electron chi connectivity index (χ4n) is 2.46. The topological polar surface area (TPSA) is 24.9 Å². The summed E-state index contributed by atoms with van der Waals surface area (Å²) in [4.78, 5) is 3.98. The van der Waals surface area contributed by atoms with Gasteiger partial charge in [-0.1, -0.05) is 29.8 Å². The van der Waals surface area contributed by atoms with Gasteiger partial charge in [-0.3, -0.25) is 4.98 Å². The lowest BCUT2D eigenvalue weighted by Crippen LogP contribution is -2.27. The molecule has 0 saturated heterocycles. The molecule has 2 unspecified atom stereocenters. The second-order valence-electron chi connectivity index (χ2n) is 4.89. The van der Waals surface area contributed by atoms with E-state index in [1.54, 1.807) is 12.4 Å². The highest BCUT2D eigenvalue weighted by Gasteiger charge is 2.26. The summed E-state index contributed by atoms with van der Waals surface area (Å²) in [5.41, 5.74) is 1.06. The molecule has 0 fully saturated rings. The molecule has 2 atom stereocenters. The number of likely N-dealkylation sites (N-methyl/N-ethyl adjacent to an activating group) is 1. The van der Waals surface area contributed by atoms with Gasteiger partial charge in [0.25, 0.3) is 0 Å². The first kappa shape index (κ1) is 16.0. The molecule has 2 rings (SSSR count). The molecule has 0 aliphatic heterocycles. The molecule has 0 saturated carbocycles. The number of hydrogen-bond acceptors (Lipinski definition) is 2. The summed E-state index contributed by atoms with van der Waals surface area (Å²) < 4.78 is 28.9. The lowest BCUT2D eigenvalue weighted by Gasteiger charge is -2.26. The molecule has 0 radical (unpaired) electrons. The van der Waals surface area contributed by atoms with Crippen molar-refractivity contribution < 1.29 is 8.78 Å². The second kappa shape index (κ2) is 7.09. The molecular formula is C16H17BrF2N2. The van der Waals surface area contributed by atoms with Gasteiger partial charge >= 0.3 is 0 Å². The SMILES string of the molecule is CCNC(c1c(F)cc(Br)cc1F)C(C)c1ccncc1. The van der Waals surface area contributed by atoms with Crippen molar-refractivity contribution in [3.05, 3.63) is 63.9 Å². The zero-order valence-electron chi connectivity index (χ0n) is 11.9. The molecule has 0 spiro atoms. The van der Waals surface area contributed by atoms with Crippen LogP contribution in [0.3, 0.4) is 0 Å². The van der Waals surface area contributed by atoms with Crippen LogP contribution in [-0.2, 0) is 0 Å². The molecule has 0 aliphatic carbocycles. The summed E-state index contributed by atoms with van der Waals surface area (Å²) >= 11 is 3.11. The van der Waals surface area contributed by atoms with Gasteiger partial charge in [0.15, 0.2) is 0 Å². The van der Waals surface area contributed by atoms with E-state index in [1.165, 1.54) is 12.1 Å². The van der Waals surface area contributed by atoms with Gasteiger partial charge in [0.05, 0.1) is 0 Å². The van der Waals surface area contributed by atoms with Crippen LogP contribution in [0.25, 0.3) is 0 Å². The van der Waals surface area contributed by atoms with Gasteiger partial charge < -0.3 is 5.32 Å². The molecule has 5 heteroatoms. The van der Waals surface area contributed by atoms with Crippen molar-refractivity contribution in [2.45, 2.75) is 25.8 Å². The Morgan fingerprint density at radius 1 is 1.19 bits per heavy atom. The Morgan fingerprint density at radius 3 is 2.29 bits per heavy atom. The largest absolute Gasteiger partial charge is 0.310 e. The van der Waals surface area contributed by atoms with Crippen molar-refractivity contribution >= 4 is 15.9 Å². The van der Waals surface area contributed by atoms with E-state index < -0.39 is 17.7 Å². The van der Waals surface area contributed by atoms with Gasteiger partial charge in [-0.15, -0.1) is 0 Å². The quantitative estimate of drug-likeness (QED) is 0.850. The number of aromatic nitrogens is 1. The Kier molecular flexibility index (Phi) is 5.42. The lowest BCUT2D eigenvalue weighted by atomic mass is 9.88.